The Bertz CT molecular complexity index is 1660. The number of carboxylic acid groups (broad SMARTS) is 1. The molecule has 218 valence electrons. The average Bonchev–Trinajstić information content (AvgIpc) is 2.93. The molecule has 11 nitrogen and oxygen atoms in total. The number of carbonyl (C=O) groups excluding carboxylic acids is 2. The maximum Gasteiger partial charge on any atom is 0.336 e. The third-order valence-electron chi connectivity index (χ3n) is 5.63. The number of nitro groups is 1. The summed E-state index contributed by atoms with van der Waals surface area (Å²) in [5.41, 5.74) is 6.51. The van der Waals surface area contributed by atoms with Gasteiger partial charge in [0.15, 0.2) is 0 Å². The van der Waals surface area contributed by atoms with E-state index in [-0.39, 0.29) is 61.1 Å². The number of rotatable bonds is 6. The molecule has 15 heteroatoms. The Hall–Kier alpha value is -4.29. The van der Waals surface area contributed by atoms with Crippen molar-refractivity contribution in [2.75, 3.05) is 11.1 Å². The van der Waals surface area contributed by atoms with Crippen LogP contribution in [-0.2, 0) is 0 Å². The molecule has 0 unspecified atom stereocenters. The maximum absolute atomic E-state index is 12.2. The number of hydrogen-bond donors (Lipinski definition) is 5. The van der Waals surface area contributed by atoms with Crippen LogP contribution < -0.4 is 16.4 Å². The van der Waals surface area contributed by atoms with E-state index in [0.717, 1.165) is 0 Å². The van der Waals surface area contributed by atoms with Crippen LogP contribution in [0.25, 0.3) is 0 Å². The molecular weight excluding hydrogens is 634 g/mol. The van der Waals surface area contributed by atoms with Crippen LogP contribution in [0.1, 0.15) is 43.9 Å². The highest BCUT2D eigenvalue weighted by Crippen LogP contribution is 2.32. The summed E-state index contributed by atoms with van der Waals surface area (Å²) < 4.78 is 0. The lowest BCUT2D eigenvalue weighted by Crippen LogP contribution is -2.26. The Morgan fingerprint density at radius 2 is 1.50 bits per heavy atom. The van der Waals surface area contributed by atoms with Crippen molar-refractivity contribution >= 4 is 75.6 Å². The molecule has 0 aliphatic heterocycles. The molecule has 0 fully saturated rings. The lowest BCUT2D eigenvalue weighted by molar-refractivity contribution is -0.428. The average molecular weight is 654 g/mol. The first-order valence-electron chi connectivity index (χ1n) is 11.7. The molecule has 0 spiro atoms. The number of aromatic hydroxyl groups is 1. The summed E-state index contributed by atoms with van der Waals surface area (Å²) in [4.78, 5) is 45.5. The van der Waals surface area contributed by atoms with Gasteiger partial charge >= 0.3 is 5.97 Å². The van der Waals surface area contributed by atoms with E-state index in [4.69, 9.17) is 57.2 Å². The maximum atomic E-state index is 12.2. The number of allylic oxidation sites excluding steroid dienone is 4. The zero-order chi connectivity index (χ0) is 31.1. The standard InChI is InChI=1S/C14H11ClN2O5.C13H9Cl3N2O2/c15-11-7-8(17(21)22)5-6-12(11)16-13(18)9-3-1-2-4-10(9)14(19)20;14-6-3-8(12(19)10(16)4-6)13(20)18-11-2-1-7(17)5-9(11)15/h1-4,7H,5-6H2,(H,16,18)(H,19,20);1-5,19H,17H2,(H,18,20). The molecule has 3 aromatic rings. The predicted octanol–water partition coefficient (Wildman–Crippen LogP) is 6.71. The van der Waals surface area contributed by atoms with Crippen molar-refractivity contribution < 1.29 is 29.5 Å². The van der Waals surface area contributed by atoms with Gasteiger partial charge in [0.1, 0.15) is 5.75 Å². The van der Waals surface area contributed by atoms with Gasteiger partial charge in [-0.3, -0.25) is 19.7 Å². The SMILES string of the molecule is Nc1ccc(NC(=O)c2cc(Cl)cc(Cl)c2O)c(Cl)c1.O=C(O)c1ccccc1C(=O)NC1=C(Cl)C=C([N+](=O)[O-])CC1. The third kappa shape index (κ3) is 8.14. The van der Waals surface area contributed by atoms with Crippen LogP contribution in [0, 0.1) is 10.1 Å². The second-order valence-corrected chi connectivity index (χ2v) is 10.2. The predicted molar refractivity (Wildman–Crippen MR) is 160 cm³/mol. The number of nitrogens with zero attached hydrogens (tertiary/aromatic N) is 1. The van der Waals surface area contributed by atoms with Crippen LogP contribution in [-0.4, -0.2) is 32.9 Å². The summed E-state index contributed by atoms with van der Waals surface area (Å²) in [7, 11) is 0. The van der Waals surface area contributed by atoms with Gasteiger partial charge in [0.25, 0.3) is 11.8 Å². The normalized spacial score (nSPS) is 12.4. The highest BCUT2D eigenvalue weighted by Gasteiger charge is 2.23. The summed E-state index contributed by atoms with van der Waals surface area (Å²) in [5, 5.41) is 35.2. The number of hydrogen-bond acceptors (Lipinski definition) is 7. The number of benzene rings is 3. The molecule has 0 atom stereocenters. The fraction of sp³-hybridized carbons (Fsp3) is 0.0741. The number of nitrogens with one attached hydrogen (secondary N) is 2. The quantitative estimate of drug-likeness (QED) is 0.110. The molecule has 3 aromatic carbocycles. The van der Waals surface area contributed by atoms with Crippen molar-refractivity contribution in [1.82, 2.24) is 5.32 Å². The van der Waals surface area contributed by atoms with Gasteiger partial charge in [-0.25, -0.2) is 4.79 Å². The third-order valence-corrected chi connectivity index (χ3v) is 6.78. The number of anilines is 2. The van der Waals surface area contributed by atoms with E-state index >= 15 is 0 Å². The molecule has 2 amide bonds. The van der Waals surface area contributed by atoms with Gasteiger partial charge in [0.05, 0.1) is 42.4 Å². The largest absolute Gasteiger partial charge is 0.506 e. The molecule has 4 rings (SSSR count). The van der Waals surface area contributed by atoms with E-state index < -0.39 is 22.7 Å². The summed E-state index contributed by atoms with van der Waals surface area (Å²) in [6.45, 7) is 0. The number of phenolic OH excluding ortho intramolecular Hbond substituents is 1. The zero-order valence-electron chi connectivity index (χ0n) is 21.2. The number of halogens is 4. The first kappa shape index (κ1) is 32.2. The molecule has 0 radical (unpaired) electrons. The smallest absolute Gasteiger partial charge is 0.336 e. The number of aromatic carboxylic acids is 1. The zero-order valence-corrected chi connectivity index (χ0v) is 24.2. The number of carbonyl (C=O) groups is 3. The molecule has 0 bridgehead atoms. The lowest BCUT2D eigenvalue weighted by Gasteiger charge is -2.15. The monoisotopic (exact) mass is 652 g/mol. The Kier molecular flexibility index (Phi) is 10.8. The summed E-state index contributed by atoms with van der Waals surface area (Å²) >= 11 is 23.4. The van der Waals surface area contributed by atoms with Gasteiger partial charge in [0, 0.05) is 28.9 Å². The van der Waals surface area contributed by atoms with Gasteiger partial charge in [-0.05, 0) is 48.9 Å². The first-order chi connectivity index (χ1) is 19.8. The Morgan fingerprint density at radius 3 is 2.10 bits per heavy atom. The van der Waals surface area contributed by atoms with Crippen LogP contribution in [0.4, 0.5) is 11.4 Å². The summed E-state index contributed by atoms with van der Waals surface area (Å²) in [6.07, 6.45) is 1.52. The minimum absolute atomic E-state index is 0.00369. The van der Waals surface area contributed by atoms with Crippen LogP contribution in [0.15, 0.2) is 77.1 Å². The molecule has 0 aromatic heterocycles. The van der Waals surface area contributed by atoms with Gasteiger partial charge in [-0.2, -0.15) is 0 Å². The second-order valence-electron chi connectivity index (χ2n) is 8.50. The second kappa shape index (κ2) is 14.1. The van der Waals surface area contributed by atoms with E-state index in [1.54, 1.807) is 18.2 Å². The Balaban J connectivity index is 0.000000231. The molecule has 0 saturated heterocycles. The van der Waals surface area contributed by atoms with E-state index in [1.165, 1.54) is 42.5 Å². The topological polar surface area (TPSA) is 185 Å². The molecule has 1 aliphatic rings. The van der Waals surface area contributed by atoms with Crippen LogP contribution >= 0.6 is 46.4 Å². The van der Waals surface area contributed by atoms with Gasteiger partial charge in [0.2, 0.25) is 5.70 Å². The highest BCUT2D eigenvalue weighted by atomic mass is 35.5. The minimum Gasteiger partial charge on any atom is -0.506 e. The van der Waals surface area contributed by atoms with Gasteiger partial charge in [-0.1, -0.05) is 58.5 Å². The molecule has 0 saturated carbocycles. The molecular formula is C27H20Cl4N4O7. The first-order valence-corrected chi connectivity index (χ1v) is 13.2. The number of amides is 2. The molecule has 1 aliphatic carbocycles. The minimum atomic E-state index is -1.22. The van der Waals surface area contributed by atoms with E-state index in [2.05, 4.69) is 10.6 Å². The fourth-order valence-corrected chi connectivity index (χ4v) is 4.58. The van der Waals surface area contributed by atoms with Crippen molar-refractivity contribution in [1.29, 1.82) is 0 Å². The van der Waals surface area contributed by atoms with E-state index in [0.29, 0.717) is 17.1 Å². The Labute approximate surface area is 258 Å². The number of phenols is 1. The molecule has 6 N–H and O–H groups in total. The van der Waals surface area contributed by atoms with Crippen LogP contribution in [0.3, 0.4) is 0 Å². The number of nitrogens with two attached hydrogens (primary N) is 1. The summed E-state index contributed by atoms with van der Waals surface area (Å²) in [6, 6.07) is 13.1. The lowest BCUT2D eigenvalue weighted by atomic mass is 10.0. The Morgan fingerprint density at radius 1 is 0.857 bits per heavy atom. The van der Waals surface area contributed by atoms with E-state index in [1.807, 2.05) is 0 Å². The summed E-state index contributed by atoms with van der Waals surface area (Å²) in [5.74, 6) is -2.77. The van der Waals surface area contributed by atoms with Crippen LogP contribution in [0.5, 0.6) is 5.75 Å². The number of carboxylic acids is 1. The molecule has 0 heterocycles. The molecule has 42 heavy (non-hydrogen) atoms. The van der Waals surface area contributed by atoms with Gasteiger partial charge < -0.3 is 26.6 Å². The van der Waals surface area contributed by atoms with Crippen molar-refractivity contribution in [3.05, 3.63) is 119 Å². The van der Waals surface area contributed by atoms with E-state index in [9.17, 15) is 29.6 Å². The fourth-order valence-electron chi connectivity index (χ4n) is 3.58. The highest BCUT2D eigenvalue weighted by molar-refractivity contribution is 6.37. The number of nitrogen functional groups attached to an aromatic ring is 1. The van der Waals surface area contributed by atoms with Crippen molar-refractivity contribution in [3.63, 3.8) is 0 Å². The van der Waals surface area contributed by atoms with Crippen LogP contribution in [0.2, 0.25) is 15.1 Å². The van der Waals surface area contributed by atoms with Crippen molar-refractivity contribution in [2.24, 2.45) is 0 Å². The van der Waals surface area contributed by atoms with Crippen molar-refractivity contribution in [2.45, 2.75) is 12.8 Å². The van der Waals surface area contributed by atoms with Crippen molar-refractivity contribution in [3.8, 4) is 5.75 Å². The van der Waals surface area contributed by atoms with Gasteiger partial charge in [-0.15, -0.1) is 0 Å².